The first kappa shape index (κ1) is 9.18. The smallest absolute Gasteiger partial charge is 0.334 e. The Bertz CT molecular complexity index is 316. The molecule has 0 aromatic heterocycles. The van der Waals surface area contributed by atoms with E-state index in [9.17, 15) is 14.4 Å². The first-order chi connectivity index (χ1) is 6.13. The van der Waals surface area contributed by atoms with E-state index < -0.39 is 17.8 Å². The third kappa shape index (κ3) is 2.26. The van der Waals surface area contributed by atoms with E-state index in [1.807, 2.05) is 5.32 Å². The Hall–Kier alpha value is -1.91. The summed E-state index contributed by atoms with van der Waals surface area (Å²) < 4.78 is 4.46. The number of hydrogen-bond acceptors (Lipinski definition) is 4. The van der Waals surface area contributed by atoms with E-state index >= 15 is 0 Å². The van der Waals surface area contributed by atoms with E-state index in [0.29, 0.717) is 0 Å². The van der Waals surface area contributed by atoms with Crippen LogP contribution in [0.2, 0.25) is 0 Å². The SMILES string of the molecule is C=CC(=O)OC=C1CC(=O)NC1=O. The standard InChI is InChI=1S/C8H7NO4/c1-2-7(11)13-4-5-3-6(10)9-8(5)12/h2,4H,1,3H2,(H,9,10,12). The monoisotopic (exact) mass is 181 g/mol. The van der Waals surface area contributed by atoms with Crippen LogP contribution < -0.4 is 5.32 Å². The second kappa shape index (κ2) is 3.66. The molecule has 1 rings (SSSR count). The van der Waals surface area contributed by atoms with Gasteiger partial charge in [0, 0.05) is 6.08 Å². The molecule has 5 heteroatoms. The van der Waals surface area contributed by atoms with Gasteiger partial charge < -0.3 is 4.74 Å². The van der Waals surface area contributed by atoms with E-state index in [1.165, 1.54) is 0 Å². The highest BCUT2D eigenvalue weighted by Gasteiger charge is 2.24. The van der Waals surface area contributed by atoms with Crippen LogP contribution >= 0.6 is 0 Å². The molecule has 0 saturated carbocycles. The van der Waals surface area contributed by atoms with Crippen LogP contribution in [0.5, 0.6) is 0 Å². The van der Waals surface area contributed by atoms with Gasteiger partial charge in [0.15, 0.2) is 0 Å². The molecule has 0 aromatic carbocycles. The van der Waals surface area contributed by atoms with Crippen LogP contribution in [0.3, 0.4) is 0 Å². The van der Waals surface area contributed by atoms with Crippen molar-refractivity contribution in [3.05, 3.63) is 24.5 Å². The molecule has 0 atom stereocenters. The van der Waals surface area contributed by atoms with Gasteiger partial charge >= 0.3 is 5.97 Å². The summed E-state index contributed by atoms with van der Waals surface area (Å²) in [6.07, 6.45) is 1.87. The molecule has 1 aliphatic rings. The zero-order valence-corrected chi connectivity index (χ0v) is 6.70. The van der Waals surface area contributed by atoms with Crippen molar-refractivity contribution >= 4 is 17.8 Å². The average Bonchev–Trinajstić information content (AvgIpc) is 2.41. The molecule has 0 unspecified atom stereocenters. The van der Waals surface area contributed by atoms with Gasteiger partial charge in [-0.15, -0.1) is 0 Å². The Balaban J connectivity index is 2.62. The lowest BCUT2D eigenvalue weighted by atomic mass is 10.2. The van der Waals surface area contributed by atoms with Gasteiger partial charge in [0.05, 0.1) is 12.0 Å². The van der Waals surface area contributed by atoms with Crippen molar-refractivity contribution in [2.45, 2.75) is 6.42 Å². The van der Waals surface area contributed by atoms with Gasteiger partial charge in [-0.25, -0.2) is 4.79 Å². The van der Waals surface area contributed by atoms with Crippen LogP contribution in [0, 0.1) is 0 Å². The van der Waals surface area contributed by atoms with E-state index in [2.05, 4.69) is 11.3 Å². The molecule has 13 heavy (non-hydrogen) atoms. The first-order valence-electron chi connectivity index (χ1n) is 3.49. The largest absolute Gasteiger partial charge is 0.431 e. The van der Waals surface area contributed by atoms with Crippen molar-refractivity contribution in [3.8, 4) is 0 Å². The van der Waals surface area contributed by atoms with Crippen molar-refractivity contribution in [1.82, 2.24) is 5.32 Å². The minimum absolute atomic E-state index is 0.0523. The van der Waals surface area contributed by atoms with Gasteiger partial charge in [0.2, 0.25) is 5.91 Å². The molecule has 5 nitrogen and oxygen atoms in total. The summed E-state index contributed by atoms with van der Waals surface area (Å²) in [5.74, 6) is -1.59. The van der Waals surface area contributed by atoms with Crippen molar-refractivity contribution < 1.29 is 19.1 Å². The Kier molecular flexibility index (Phi) is 2.59. The third-order valence-corrected chi connectivity index (χ3v) is 1.38. The normalized spacial score (nSPS) is 18.6. The maximum Gasteiger partial charge on any atom is 0.334 e. The molecule has 0 radical (unpaired) electrons. The topological polar surface area (TPSA) is 72.5 Å². The van der Waals surface area contributed by atoms with E-state index in [-0.39, 0.29) is 12.0 Å². The fraction of sp³-hybridized carbons (Fsp3) is 0.125. The Labute approximate surface area is 74.1 Å². The molecule has 0 spiro atoms. The van der Waals surface area contributed by atoms with Crippen LogP contribution in [-0.2, 0) is 19.1 Å². The Morgan fingerprint density at radius 2 is 2.23 bits per heavy atom. The van der Waals surface area contributed by atoms with Gasteiger partial charge in [-0.1, -0.05) is 6.58 Å². The van der Waals surface area contributed by atoms with Gasteiger partial charge in [0.25, 0.3) is 5.91 Å². The molecule has 2 amide bonds. The lowest BCUT2D eigenvalue weighted by Crippen LogP contribution is -2.19. The Morgan fingerprint density at radius 1 is 1.54 bits per heavy atom. The number of nitrogens with one attached hydrogen (secondary N) is 1. The van der Waals surface area contributed by atoms with Crippen molar-refractivity contribution in [2.24, 2.45) is 0 Å². The van der Waals surface area contributed by atoms with E-state index in [0.717, 1.165) is 12.3 Å². The highest BCUT2D eigenvalue weighted by molar-refractivity contribution is 6.13. The number of carbonyl (C=O) groups is 3. The summed E-state index contributed by atoms with van der Waals surface area (Å²) in [6, 6.07) is 0. The van der Waals surface area contributed by atoms with E-state index in [1.54, 1.807) is 0 Å². The predicted molar refractivity (Wildman–Crippen MR) is 42.1 cm³/mol. The number of esters is 1. The molecule has 1 saturated heterocycles. The van der Waals surface area contributed by atoms with Gasteiger partial charge in [0.1, 0.15) is 6.26 Å². The average molecular weight is 181 g/mol. The fourth-order valence-corrected chi connectivity index (χ4v) is 0.777. The molecule has 0 bridgehead atoms. The number of hydrogen-bond donors (Lipinski definition) is 1. The summed E-state index contributed by atoms with van der Waals surface area (Å²) in [5, 5.41) is 2.05. The van der Waals surface area contributed by atoms with Crippen LogP contribution in [0.1, 0.15) is 6.42 Å². The quantitative estimate of drug-likeness (QED) is 0.273. The van der Waals surface area contributed by atoms with E-state index in [4.69, 9.17) is 0 Å². The minimum atomic E-state index is -0.667. The predicted octanol–water partition coefficient (Wildman–Crippen LogP) is -0.354. The highest BCUT2D eigenvalue weighted by Crippen LogP contribution is 2.08. The fourth-order valence-electron chi connectivity index (χ4n) is 0.777. The highest BCUT2D eigenvalue weighted by atomic mass is 16.5. The number of amides is 2. The number of imide groups is 1. The lowest BCUT2D eigenvalue weighted by Gasteiger charge is -1.93. The lowest BCUT2D eigenvalue weighted by molar-refractivity contribution is -0.132. The molecule has 68 valence electrons. The van der Waals surface area contributed by atoms with Crippen molar-refractivity contribution in [3.63, 3.8) is 0 Å². The number of rotatable bonds is 2. The number of carbonyl (C=O) groups excluding carboxylic acids is 3. The third-order valence-electron chi connectivity index (χ3n) is 1.38. The molecule has 1 N–H and O–H groups in total. The zero-order valence-electron chi connectivity index (χ0n) is 6.70. The maximum atomic E-state index is 10.9. The van der Waals surface area contributed by atoms with Crippen LogP contribution in [0.25, 0.3) is 0 Å². The summed E-state index contributed by atoms with van der Waals surface area (Å²) >= 11 is 0. The summed E-state index contributed by atoms with van der Waals surface area (Å²) in [5.41, 5.74) is 0.139. The Morgan fingerprint density at radius 3 is 2.69 bits per heavy atom. The molecular weight excluding hydrogens is 174 g/mol. The molecule has 1 heterocycles. The molecule has 1 fully saturated rings. The minimum Gasteiger partial charge on any atom is -0.431 e. The second-order valence-electron chi connectivity index (χ2n) is 2.34. The van der Waals surface area contributed by atoms with Gasteiger partial charge in [-0.2, -0.15) is 0 Å². The zero-order chi connectivity index (χ0) is 9.84. The summed E-state index contributed by atoms with van der Waals surface area (Å²) in [7, 11) is 0. The van der Waals surface area contributed by atoms with Crippen LogP contribution in [0.15, 0.2) is 24.5 Å². The van der Waals surface area contributed by atoms with Crippen molar-refractivity contribution in [2.75, 3.05) is 0 Å². The molecule has 1 aliphatic heterocycles. The van der Waals surface area contributed by atoms with Crippen molar-refractivity contribution in [1.29, 1.82) is 0 Å². The summed E-state index contributed by atoms with van der Waals surface area (Å²) in [6.45, 7) is 3.17. The van der Waals surface area contributed by atoms with Crippen LogP contribution in [0.4, 0.5) is 0 Å². The molecule has 0 aromatic rings. The van der Waals surface area contributed by atoms with Gasteiger partial charge in [-0.05, 0) is 0 Å². The second-order valence-corrected chi connectivity index (χ2v) is 2.34. The summed E-state index contributed by atoms with van der Waals surface area (Å²) in [4.78, 5) is 32.1. The molecular formula is C8H7NO4. The molecule has 0 aliphatic carbocycles. The van der Waals surface area contributed by atoms with Gasteiger partial charge in [-0.3, -0.25) is 14.9 Å². The maximum absolute atomic E-state index is 10.9. The van der Waals surface area contributed by atoms with Crippen LogP contribution in [-0.4, -0.2) is 17.8 Å². The number of ether oxygens (including phenoxy) is 1. The first-order valence-corrected chi connectivity index (χ1v) is 3.49.